The number of urea groups is 1. The molecule has 10 heteroatoms. The lowest BCUT2D eigenvalue weighted by molar-refractivity contribution is -0.201. The quantitative estimate of drug-likeness (QED) is 0.714. The number of aliphatic hydroxyl groups excluding tert-OH is 1. The fourth-order valence-corrected chi connectivity index (χ4v) is 2.04. The molecule has 0 saturated heterocycles. The molecule has 2 rings (SSSR count). The molecule has 0 aliphatic heterocycles. The molecule has 0 unspecified atom stereocenters. The van der Waals surface area contributed by atoms with E-state index in [1.165, 1.54) is 18.3 Å². The van der Waals surface area contributed by atoms with Crippen LogP contribution in [0.5, 0.6) is 0 Å². The van der Waals surface area contributed by atoms with Gasteiger partial charge in [-0.2, -0.15) is 13.2 Å². The zero-order valence-electron chi connectivity index (χ0n) is 13.1. The second-order valence-corrected chi connectivity index (χ2v) is 5.25. The van der Waals surface area contributed by atoms with Crippen LogP contribution in [0.1, 0.15) is 11.4 Å². The van der Waals surface area contributed by atoms with E-state index in [4.69, 9.17) is 5.11 Å². The monoisotopic (exact) mass is 360 g/mol. The average Bonchev–Trinajstić information content (AvgIpc) is 2.95. The predicted molar refractivity (Wildman–Crippen MR) is 80.6 cm³/mol. The lowest BCUT2D eigenvalue weighted by atomic mass is 10.2. The van der Waals surface area contributed by atoms with E-state index in [1.807, 2.05) is 5.32 Å². The van der Waals surface area contributed by atoms with Crippen molar-refractivity contribution in [2.75, 3.05) is 6.54 Å². The average molecular weight is 360 g/mol. The molecule has 3 N–H and O–H groups in total. The highest BCUT2D eigenvalue weighted by atomic mass is 19.4. The predicted octanol–water partition coefficient (Wildman–Crippen LogP) is 2.04. The molecule has 2 aromatic rings. The number of alkyl halides is 3. The van der Waals surface area contributed by atoms with Crippen LogP contribution in [0.2, 0.25) is 0 Å². The number of hydrogen-bond donors (Lipinski definition) is 3. The van der Waals surface area contributed by atoms with Gasteiger partial charge in [-0.1, -0.05) is 6.07 Å². The number of imidazole rings is 1. The summed E-state index contributed by atoms with van der Waals surface area (Å²) < 4.78 is 52.0. The molecule has 0 spiro atoms. The van der Waals surface area contributed by atoms with Gasteiger partial charge in [-0.3, -0.25) is 0 Å². The van der Waals surface area contributed by atoms with Crippen LogP contribution < -0.4 is 10.6 Å². The molecular formula is C15H16F4N4O2. The Morgan fingerprint density at radius 3 is 2.64 bits per heavy atom. The fraction of sp³-hybridized carbons (Fsp3) is 0.333. The van der Waals surface area contributed by atoms with E-state index in [-0.39, 0.29) is 12.2 Å². The van der Waals surface area contributed by atoms with Crippen LogP contribution in [0.3, 0.4) is 0 Å². The Bertz CT molecular complexity index is 745. The zero-order valence-corrected chi connectivity index (χ0v) is 13.1. The van der Waals surface area contributed by atoms with Gasteiger partial charge in [0.15, 0.2) is 6.10 Å². The smallest absolute Gasteiger partial charge is 0.382 e. The molecule has 1 aromatic heterocycles. The standard InChI is InChI=1S/C15H16F4N4O2/c1-9-20-4-5-23(9)12-3-2-10(6-11(12)16)7-21-14(25)22-8-13(24)15(17,18)19/h2-6,13,24H,7-8H2,1H3,(H2,21,22,25)/t13-/m1/s1. The minimum Gasteiger partial charge on any atom is -0.382 e. The van der Waals surface area contributed by atoms with Gasteiger partial charge in [0, 0.05) is 18.9 Å². The zero-order chi connectivity index (χ0) is 18.6. The number of carbonyl (C=O) groups excluding carboxylic acids is 1. The van der Waals surface area contributed by atoms with Crippen LogP contribution in [-0.2, 0) is 6.54 Å². The Kier molecular flexibility index (Phi) is 5.62. The number of aliphatic hydroxyl groups is 1. The van der Waals surface area contributed by atoms with E-state index < -0.39 is 30.7 Å². The topological polar surface area (TPSA) is 79.2 Å². The van der Waals surface area contributed by atoms with Crippen molar-refractivity contribution in [3.8, 4) is 5.69 Å². The van der Waals surface area contributed by atoms with Crippen LogP contribution in [0.25, 0.3) is 5.69 Å². The number of amides is 2. The summed E-state index contributed by atoms with van der Waals surface area (Å²) in [6.45, 7) is 0.658. The molecule has 136 valence electrons. The number of nitrogens with zero attached hydrogens (tertiary/aromatic N) is 2. The molecular weight excluding hydrogens is 344 g/mol. The van der Waals surface area contributed by atoms with E-state index in [1.54, 1.807) is 23.8 Å². The molecule has 25 heavy (non-hydrogen) atoms. The Labute approximate surface area is 140 Å². The highest BCUT2D eigenvalue weighted by Crippen LogP contribution is 2.19. The maximum atomic E-state index is 14.2. The first-order chi connectivity index (χ1) is 11.7. The maximum absolute atomic E-state index is 14.2. The molecule has 2 amide bonds. The number of carbonyl (C=O) groups is 1. The van der Waals surface area contributed by atoms with Gasteiger partial charge in [-0.25, -0.2) is 14.2 Å². The first kappa shape index (κ1) is 18.7. The fourth-order valence-electron chi connectivity index (χ4n) is 2.04. The number of hydrogen-bond acceptors (Lipinski definition) is 3. The third kappa shape index (κ3) is 4.92. The van der Waals surface area contributed by atoms with Crippen molar-refractivity contribution in [2.45, 2.75) is 25.7 Å². The Morgan fingerprint density at radius 1 is 1.36 bits per heavy atom. The second-order valence-electron chi connectivity index (χ2n) is 5.25. The van der Waals surface area contributed by atoms with Crippen molar-refractivity contribution in [3.63, 3.8) is 0 Å². The summed E-state index contributed by atoms with van der Waals surface area (Å²) >= 11 is 0. The summed E-state index contributed by atoms with van der Waals surface area (Å²) in [6.07, 6.45) is -4.32. The highest BCUT2D eigenvalue weighted by Gasteiger charge is 2.38. The van der Waals surface area contributed by atoms with E-state index >= 15 is 0 Å². The molecule has 1 aromatic carbocycles. The molecule has 0 bridgehead atoms. The normalized spacial score (nSPS) is 12.7. The van der Waals surface area contributed by atoms with Crippen LogP contribution in [0, 0.1) is 12.7 Å². The Morgan fingerprint density at radius 2 is 2.08 bits per heavy atom. The van der Waals surface area contributed by atoms with E-state index in [9.17, 15) is 22.4 Å². The maximum Gasteiger partial charge on any atom is 0.416 e. The van der Waals surface area contributed by atoms with Crippen molar-refractivity contribution >= 4 is 6.03 Å². The van der Waals surface area contributed by atoms with Crippen molar-refractivity contribution in [1.82, 2.24) is 20.2 Å². The van der Waals surface area contributed by atoms with Gasteiger partial charge in [0.25, 0.3) is 0 Å². The number of benzene rings is 1. The first-order valence-corrected chi connectivity index (χ1v) is 7.23. The van der Waals surface area contributed by atoms with Crippen LogP contribution in [0.4, 0.5) is 22.4 Å². The molecule has 0 saturated carbocycles. The largest absolute Gasteiger partial charge is 0.416 e. The lowest BCUT2D eigenvalue weighted by Crippen LogP contribution is -2.44. The molecule has 0 aliphatic carbocycles. The van der Waals surface area contributed by atoms with E-state index in [0.717, 1.165) is 0 Å². The first-order valence-electron chi connectivity index (χ1n) is 7.23. The van der Waals surface area contributed by atoms with Gasteiger partial charge in [-0.15, -0.1) is 0 Å². The third-order valence-corrected chi connectivity index (χ3v) is 3.38. The minimum atomic E-state index is -4.81. The lowest BCUT2D eigenvalue weighted by Gasteiger charge is -2.15. The summed E-state index contributed by atoms with van der Waals surface area (Å²) in [4.78, 5) is 15.4. The molecule has 1 atom stereocenters. The van der Waals surface area contributed by atoms with Gasteiger partial charge in [0.05, 0.1) is 12.2 Å². The second kappa shape index (κ2) is 7.51. The van der Waals surface area contributed by atoms with Gasteiger partial charge in [-0.05, 0) is 24.6 Å². The van der Waals surface area contributed by atoms with Crippen LogP contribution >= 0.6 is 0 Å². The Hall–Kier alpha value is -2.62. The van der Waals surface area contributed by atoms with Gasteiger partial charge >= 0.3 is 12.2 Å². The summed E-state index contributed by atoms with van der Waals surface area (Å²) in [6, 6.07) is 3.38. The van der Waals surface area contributed by atoms with E-state index in [0.29, 0.717) is 11.4 Å². The SMILES string of the molecule is Cc1nccn1-c1ccc(CNC(=O)NC[C@@H](O)C(F)(F)F)cc1F. The number of aryl methyl sites for hydroxylation is 1. The number of rotatable bonds is 5. The van der Waals surface area contributed by atoms with Crippen molar-refractivity contribution in [3.05, 3.63) is 47.8 Å². The summed E-state index contributed by atoms with van der Waals surface area (Å²) in [5, 5.41) is 12.9. The summed E-state index contributed by atoms with van der Waals surface area (Å²) in [7, 11) is 0. The summed E-state index contributed by atoms with van der Waals surface area (Å²) in [5.41, 5.74) is 0.710. The van der Waals surface area contributed by atoms with Crippen molar-refractivity contribution < 1.29 is 27.5 Å². The van der Waals surface area contributed by atoms with E-state index in [2.05, 4.69) is 10.3 Å². The molecule has 6 nitrogen and oxygen atoms in total. The van der Waals surface area contributed by atoms with Crippen molar-refractivity contribution in [2.24, 2.45) is 0 Å². The van der Waals surface area contributed by atoms with Crippen LogP contribution in [0.15, 0.2) is 30.6 Å². The van der Waals surface area contributed by atoms with Crippen LogP contribution in [-0.4, -0.2) is 39.5 Å². The number of halogens is 4. The molecule has 0 fully saturated rings. The molecule has 0 aliphatic rings. The van der Waals surface area contributed by atoms with Gasteiger partial charge in [0.2, 0.25) is 0 Å². The number of aromatic nitrogens is 2. The Balaban J connectivity index is 1.90. The summed E-state index contributed by atoms with van der Waals surface area (Å²) in [5.74, 6) is 0.0701. The third-order valence-electron chi connectivity index (χ3n) is 3.38. The molecule has 0 radical (unpaired) electrons. The highest BCUT2D eigenvalue weighted by molar-refractivity contribution is 5.73. The van der Waals surface area contributed by atoms with Crippen molar-refractivity contribution in [1.29, 1.82) is 0 Å². The number of nitrogens with one attached hydrogen (secondary N) is 2. The van der Waals surface area contributed by atoms with Gasteiger partial charge < -0.3 is 20.3 Å². The molecule has 1 heterocycles. The minimum absolute atomic E-state index is 0.0892. The van der Waals surface area contributed by atoms with Gasteiger partial charge in [0.1, 0.15) is 11.6 Å².